The third kappa shape index (κ3) is 4.15. The van der Waals surface area contributed by atoms with E-state index in [0.717, 1.165) is 28.0 Å². The Morgan fingerprint density at radius 3 is 2.41 bits per heavy atom. The number of hydrogen-bond donors (Lipinski definition) is 1. The molecular weight excluding hydrogens is 334 g/mol. The summed E-state index contributed by atoms with van der Waals surface area (Å²) < 4.78 is 5.81. The standard InChI is InChI=1S/C24H19NO2/c26-23-8-4-7-20-12-14-21(25-24(20)23)13-9-18-10-15-22(16-11-18)27-17-19-5-2-1-3-6-19/h1-16,26H,17H2/b13-9+. The number of aromatic hydroxyl groups is 1. The van der Waals surface area contributed by atoms with Gasteiger partial charge in [-0.15, -0.1) is 0 Å². The summed E-state index contributed by atoms with van der Waals surface area (Å²) in [4.78, 5) is 4.51. The molecule has 0 saturated carbocycles. The van der Waals surface area contributed by atoms with E-state index in [-0.39, 0.29) is 5.75 Å². The third-order valence-electron chi connectivity index (χ3n) is 4.30. The van der Waals surface area contributed by atoms with Gasteiger partial charge in [0.15, 0.2) is 0 Å². The smallest absolute Gasteiger partial charge is 0.141 e. The molecule has 1 heterocycles. The molecule has 0 radical (unpaired) electrons. The lowest BCUT2D eigenvalue weighted by molar-refractivity contribution is 0.306. The fourth-order valence-electron chi connectivity index (χ4n) is 2.84. The van der Waals surface area contributed by atoms with Crippen LogP contribution in [-0.2, 0) is 6.61 Å². The molecule has 0 unspecified atom stereocenters. The first-order valence-corrected chi connectivity index (χ1v) is 8.81. The van der Waals surface area contributed by atoms with Crippen LogP contribution in [0.15, 0.2) is 84.9 Å². The van der Waals surface area contributed by atoms with Crippen molar-refractivity contribution in [3.8, 4) is 11.5 Å². The lowest BCUT2D eigenvalue weighted by atomic mass is 10.1. The van der Waals surface area contributed by atoms with Crippen molar-refractivity contribution in [1.29, 1.82) is 0 Å². The van der Waals surface area contributed by atoms with Crippen LogP contribution in [0.2, 0.25) is 0 Å². The minimum Gasteiger partial charge on any atom is -0.506 e. The number of aromatic nitrogens is 1. The summed E-state index contributed by atoms with van der Waals surface area (Å²) in [6, 6.07) is 27.3. The number of hydrogen-bond acceptors (Lipinski definition) is 3. The molecule has 27 heavy (non-hydrogen) atoms. The summed E-state index contributed by atoms with van der Waals surface area (Å²) in [7, 11) is 0. The Morgan fingerprint density at radius 1 is 0.778 bits per heavy atom. The molecule has 0 amide bonds. The van der Waals surface area contributed by atoms with E-state index in [1.165, 1.54) is 0 Å². The summed E-state index contributed by atoms with van der Waals surface area (Å²) in [5, 5.41) is 10.9. The second kappa shape index (κ2) is 7.75. The second-order valence-corrected chi connectivity index (χ2v) is 6.26. The predicted octanol–water partition coefficient (Wildman–Crippen LogP) is 5.69. The Hall–Kier alpha value is -3.59. The van der Waals surface area contributed by atoms with Gasteiger partial charge in [-0.1, -0.05) is 66.7 Å². The maximum atomic E-state index is 9.94. The quantitative estimate of drug-likeness (QED) is 0.501. The number of rotatable bonds is 5. The predicted molar refractivity (Wildman–Crippen MR) is 110 cm³/mol. The van der Waals surface area contributed by atoms with E-state index >= 15 is 0 Å². The molecule has 132 valence electrons. The van der Waals surface area contributed by atoms with Gasteiger partial charge < -0.3 is 9.84 Å². The number of nitrogens with zero attached hydrogens (tertiary/aromatic N) is 1. The van der Waals surface area contributed by atoms with Gasteiger partial charge in [0, 0.05) is 5.39 Å². The largest absolute Gasteiger partial charge is 0.506 e. The summed E-state index contributed by atoms with van der Waals surface area (Å²) >= 11 is 0. The van der Waals surface area contributed by atoms with Crippen LogP contribution < -0.4 is 4.74 Å². The van der Waals surface area contributed by atoms with Gasteiger partial charge in [0.05, 0.1) is 5.69 Å². The number of phenolic OH excluding ortho intramolecular Hbond substituents is 1. The molecule has 1 aromatic heterocycles. The van der Waals surface area contributed by atoms with Crippen molar-refractivity contribution < 1.29 is 9.84 Å². The monoisotopic (exact) mass is 353 g/mol. The second-order valence-electron chi connectivity index (χ2n) is 6.26. The topological polar surface area (TPSA) is 42.4 Å². The highest BCUT2D eigenvalue weighted by molar-refractivity contribution is 5.85. The summed E-state index contributed by atoms with van der Waals surface area (Å²) in [5.41, 5.74) is 3.62. The van der Waals surface area contributed by atoms with E-state index in [2.05, 4.69) is 4.98 Å². The van der Waals surface area contributed by atoms with Crippen molar-refractivity contribution in [2.75, 3.05) is 0 Å². The van der Waals surface area contributed by atoms with Gasteiger partial charge in [0.1, 0.15) is 23.6 Å². The summed E-state index contributed by atoms with van der Waals surface area (Å²) in [5.74, 6) is 1.03. The summed E-state index contributed by atoms with van der Waals surface area (Å²) in [6.07, 6.45) is 3.93. The molecule has 0 aliphatic heterocycles. The van der Waals surface area contributed by atoms with Crippen LogP contribution in [0.25, 0.3) is 23.1 Å². The van der Waals surface area contributed by atoms with Crippen LogP contribution in [0.4, 0.5) is 0 Å². The van der Waals surface area contributed by atoms with Crippen LogP contribution in [0.3, 0.4) is 0 Å². The number of benzene rings is 3. The van der Waals surface area contributed by atoms with Crippen molar-refractivity contribution in [3.63, 3.8) is 0 Å². The molecule has 3 aromatic carbocycles. The van der Waals surface area contributed by atoms with Gasteiger partial charge in [0.25, 0.3) is 0 Å². The van der Waals surface area contributed by atoms with E-state index in [4.69, 9.17) is 4.74 Å². The van der Waals surface area contributed by atoms with Crippen LogP contribution in [0, 0.1) is 0 Å². The molecule has 4 rings (SSSR count). The Morgan fingerprint density at radius 2 is 1.59 bits per heavy atom. The van der Waals surface area contributed by atoms with Crippen molar-refractivity contribution >= 4 is 23.1 Å². The Labute approximate surface area is 158 Å². The molecular formula is C24H19NO2. The minimum absolute atomic E-state index is 0.197. The van der Waals surface area contributed by atoms with Crippen LogP contribution in [-0.4, -0.2) is 10.1 Å². The molecule has 0 fully saturated rings. The van der Waals surface area contributed by atoms with E-state index < -0.39 is 0 Å². The molecule has 3 heteroatoms. The molecule has 0 aliphatic carbocycles. The molecule has 0 aliphatic rings. The highest BCUT2D eigenvalue weighted by atomic mass is 16.5. The zero-order chi connectivity index (χ0) is 18.5. The Balaban J connectivity index is 1.44. The van der Waals surface area contributed by atoms with E-state index in [0.29, 0.717) is 12.1 Å². The number of ether oxygens (including phenoxy) is 1. The molecule has 0 bridgehead atoms. The lowest BCUT2D eigenvalue weighted by Gasteiger charge is -2.06. The number of pyridine rings is 1. The SMILES string of the molecule is Oc1cccc2ccc(/C=C/c3ccc(OCc4ccccc4)cc3)nc12. The zero-order valence-electron chi connectivity index (χ0n) is 14.7. The van der Waals surface area contributed by atoms with Crippen molar-refractivity contribution in [3.05, 3.63) is 102 Å². The fourth-order valence-corrected chi connectivity index (χ4v) is 2.84. The number of phenols is 1. The van der Waals surface area contributed by atoms with Crippen molar-refractivity contribution in [1.82, 2.24) is 4.98 Å². The molecule has 4 aromatic rings. The average molecular weight is 353 g/mol. The number of para-hydroxylation sites is 1. The maximum absolute atomic E-state index is 9.94. The first kappa shape index (κ1) is 16.9. The Bertz CT molecular complexity index is 1070. The van der Waals surface area contributed by atoms with Gasteiger partial charge in [0.2, 0.25) is 0 Å². The Kier molecular flexibility index (Phi) is 4.84. The average Bonchev–Trinajstić information content (AvgIpc) is 2.73. The minimum atomic E-state index is 0.197. The molecule has 0 atom stereocenters. The van der Waals surface area contributed by atoms with Crippen LogP contribution >= 0.6 is 0 Å². The lowest BCUT2D eigenvalue weighted by Crippen LogP contribution is -1.94. The normalized spacial score (nSPS) is 11.1. The van der Waals surface area contributed by atoms with E-state index in [1.54, 1.807) is 6.07 Å². The first-order chi connectivity index (χ1) is 13.3. The fraction of sp³-hybridized carbons (Fsp3) is 0.0417. The maximum Gasteiger partial charge on any atom is 0.141 e. The molecule has 3 nitrogen and oxygen atoms in total. The van der Waals surface area contributed by atoms with Gasteiger partial charge >= 0.3 is 0 Å². The van der Waals surface area contributed by atoms with Crippen molar-refractivity contribution in [2.45, 2.75) is 6.61 Å². The molecule has 1 N–H and O–H groups in total. The van der Waals surface area contributed by atoms with E-state index in [9.17, 15) is 5.11 Å². The molecule has 0 spiro atoms. The van der Waals surface area contributed by atoms with Gasteiger partial charge in [-0.3, -0.25) is 0 Å². The third-order valence-corrected chi connectivity index (χ3v) is 4.30. The van der Waals surface area contributed by atoms with E-state index in [1.807, 2.05) is 91.0 Å². The number of fused-ring (bicyclic) bond motifs is 1. The highest BCUT2D eigenvalue weighted by Crippen LogP contribution is 2.23. The van der Waals surface area contributed by atoms with Crippen molar-refractivity contribution in [2.24, 2.45) is 0 Å². The highest BCUT2D eigenvalue weighted by Gasteiger charge is 2.01. The zero-order valence-corrected chi connectivity index (χ0v) is 14.7. The summed E-state index contributed by atoms with van der Waals surface area (Å²) in [6.45, 7) is 0.556. The van der Waals surface area contributed by atoms with Gasteiger partial charge in [-0.25, -0.2) is 4.98 Å². The molecule has 0 saturated heterocycles. The van der Waals surface area contributed by atoms with Crippen LogP contribution in [0.5, 0.6) is 11.5 Å². The van der Waals surface area contributed by atoms with Gasteiger partial charge in [-0.05, 0) is 41.5 Å². The van der Waals surface area contributed by atoms with Crippen LogP contribution in [0.1, 0.15) is 16.8 Å². The van der Waals surface area contributed by atoms with Gasteiger partial charge in [-0.2, -0.15) is 0 Å². The first-order valence-electron chi connectivity index (χ1n) is 8.81.